The maximum absolute atomic E-state index is 14.0. The van der Waals surface area contributed by atoms with Crippen LogP contribution < -0.4 is 21.4 Å². The fraction of sp³-hybridized carbons (Fsp3) is 0.0769. The van der Waals surface area contributed by atoms with Gasteiger partial charge in [-0.2, -0.15) is 0 Å². The number of carbonyl (C=O) groups is 2. The number of fused-ring (bicyclic) bond motifs is 1. The molecule has 0 unspecified atom stereocenters. The monoisotopic (exact) mass is 506 g/mol. The van der Waals surface area contributed by atoms with Crippen LogP contribution in [-0.4, -0.2) is 26.7 Å². The van der Waals surface area contributed by atoms with Gasteiger partial charge in [0.05, 0.1) is 5.69 Å². The molecule has 4 N–H and O–H groups in total. The summed E-state index contributed by atoms with van der Waals surface area (Å²) in [6.45, 7) is -0.379. The average Bonchev–Trinajstić information content (AvgIpc) is 2.87. The number of nitrogen functional groups attached to an aromatic ring is 1. The van der Waals surface area contributed by atoms with E-state index in [-0.39, 0.29) is 35.4 Å². The topological polar surface area (TPSA) is 137 Å². The Morgan fingerprint density at radius 1 is 1.14 bits per heavy atom. The number of aliphatic carboxylic acids is 1. The third-order valence-electron chi connectivity index (χ3n) is 5.34. The Morgan fingerprint density at radius 3 is 2.59 bits per heavy atom. The van der Waals surface area contributed by atoms with Gasteiger partial charge in [-0.1, -0.05) is 36.4 Å². The van der Waals surface area contributed by atoms with Gasteiger partial charge in [-0.25, -0.2) is 18.6 Å². The van der Waals surface area contributed by atoms with Crippen LogP contribution in [0.5, 0.6) is 0 Å². The van der Waals surface area contributed by atoms with Gasteiger partial charge in [0.25, 0.3) is 11.5 Å². The smallest absolute Gasteiger partial charge is 0.328 e. The van der Waals surface area contributed by atoms with Gasteiger partial charge in [0, 0.05) is 35.8 Å². The maximum Gasteiger partial charge on any atom is 0.328 e. The highest BCUT2D eigenvalue weighted by atomic mass is 19.1. The summed E-state index contributed by atoms with van der Waals surface area (Å²) in [5, 5.41) is 11.5. The Bertz CT molecular complexity index is 1590. The van der Waals surface area contributed by atoms with Crippen molar-refractivity contribution in [3.05, 3.63) is 111 Å². The van der Waals surface area contributed by atoms with E-state index in [0.29, 0.717) is 11.6 Å². The second-order valence-electron chi connectivity index (χ2n) is 7.88. The first-order valence-electron chi connectivity index (χ1n) is 10.9. The zero-order valence-corrected chi connectivity index (χ0v) is 19.2. The molecule has 4 aromatic rings. The number of hydrogen-bond acceptors (Lipinski definition) is 6. The number of aromatic nitrogens is 2. The lowest BCUT2D eigenvalue weighted by Crippen LogP contribution is -2.37. The summed E-state index contributed by atoms with van der Waals surface area (Å²) in [5.74, 6) is -3.74. The molecule has 2 heterocycles. The third-order valence-corrected chi connectivity index (χ3v) is 5.34. The minimum Gasteiger partial charge on any atom is -0.478 e. The van der Waals surface area contributed by atoms with Crippen molar-refractivity contribution in [2.75, 3.05) is 5.73 Å². The molecule has 2 aromatic heterocycles. The molecule has 2 aromatic carbocycles. The largest absolute Gasteiger partial charge is 0.478 e. The Morgan fingerprint density at radius 2 is 1.89 bits per heavy atom. The quantitative estimate of drug-likeness (QED) is 0.313. The number of anilines is 1. The lowest BCUT2D eigenvalue weighted by Gasteiger charge is -2.16. The molecule has 0 radical (unpaired) electrons. The van der Waals surface area contributed by atoms with Gasteiger partial charge in [0.15, 0.2) is 5.65 Å². The van der Waals surface area contributed by atoms with Crippen molar-refractivity contribution in [1.29, 1.82) is 0 Å². The molecule has 0 saturated carbocycles. The van der Waals surface area contributed by atoms with Crippen LogP contribution in [0.1, 0.15) is 27.0 Å². The van der Waals surface area contributed by atoms with Crippen LogP contribution in [-0.2, 0) is 17.9 Å². The second-order valence-corrected chi connectivity index (χ2v) is 7.88. The van der Waals surface area contributed by atoms with Crippen molar-refractivity contribution >= 4 is 34.7 Å². The Labute approximate surface area is 208 Å². The predicted octanol–water partition coefficient (Wildman–Crippen LogP) is 2.91. The molecule has 0 bridgehead atoms. The minimum atomic E-state index is -1.18. The summed E-state index contributed by atoms with van der Waals surface area (Å²) in [6, 6.07) is 13.3. The lowest BCUT2D eigenvalue weighted by atomic mass is 10.1. The second kappa shape index (κ2) is 10.7. The predicted molar refractivity (Wildman–Crippen MR) is 131 cm³/mol. The van der Waals surface area contributed by atoms with Gasteiger partial charge >= 0.3 is 5.97 Å². The number of nitrogens with two attached hydrogens (primary N) is 1. The Hall–Kier alpha value is -5.06. The van der Waals surface area contributed by atoms with E-state index >= 15 is 0 Å². The van der Waals surface area contributed by atoms with E-state index in [2.05, 4.69) is 10.3 Å². The van der Waals surface area contributed by atoms with Crippen LogP contribution in [0.4, 0.5) is 14.5 Å². The molecule has 9 nitrogen and oxygen atoms in total. The Kier molecular flexibility index (Phi) is 7.23. The first-order chi connectivity index (χ1) is 17.7. The van der Waals surface area contributed by atoms with Gasteiger partial charge in [0.2, 0.25) is 0 Å². The molecule has 0 fully saturated rings. The zero-order chi connectivity index (χ0) is 26.5. The van der Waals surface area contributed by atoms with E-state index in [1.807, 2.05) is 6.07 Å². The molecule has 37 heavy (non-hydrogen) atoms. The number of amides is 1. The molecule has 188 valence electrons. The zero-order valence-electron chi connectivity index (χ0n) is 19.2. The van der Waals surface area contributed by atoms with Crippen molar-refractivity contribution < 1.29 is 28.3 Å². The number of halogens is 2. The number of rotatable bonds is 8. The van der Waals surface area contributed by atoms with E-state index in [0.717, 1.165) is 22.4 Å². The number of benzene rings is 2. The summed E-state index contributed by atoms with van der Waals surface area (Å²) in [6.07, 6.45) is 3.48. The van der Waals surface area contributed by atoms with Crippen molar-refractivity contribution in [2.45, 2.75) is 13.2 Å². The molecule has 0 saturated heterocycles. The van der Waals surface area contributed by atoms with Crippen LogP contribution in [0.2, 0.25) is 0 Å². The molecular weight excluding hydrogens is 486 g/mol. The summed E-state index contributed by atoms with van der Waals surface area (Å²) >= 11 is 0. The average molecular weight is 506 g/mol. The first kappa shape index (κ1) is 25.0. The molecule has 11 heteroatoms. The fourth-order valence-corrected chi connectivity index (χ4v) is 3.52. The number of carboxylic acids is 1. The molecule has 4 rings (SSSR count). The van der Waals surface area contributed by atoms with Crippen molar-refractivity contribution in [3.8, 4) is 0 Å². The van der Waals surface area contributed by atoms with Crippen molar-refractivity contribution in [2.24, 2.45) is 0 Å². The van der Waals surface area contributed by atoms with Crippen molar-refractivity contribution in [1.82, 2.24) is 15.0 Å². The molecular formula is C26H20F2N4O5. The molecule has 0 aliphatic heterocycles. The number of carbonyl (C=O) groups excluding carboxylic acids is 1. The van der Waals surface area contributed by atoms with Crippen LogP contribution in [0, 0.1) is 11.6 Å². The molecule has 0 spiro atoms. The van der Waals surface area contributed by atoms with E-state index in [4.69, 9.17) is 15.7 Å². The van der Waals surface area contributed by atoms with E-state index in [1.165, 1.54) is 24.4 Å². The normalized spacial score (nSPS) is 11.1. The van der Waals surface area contributed by atoms with Crippen LogP contribution in [0.3, 0.4) is 0 Å². The number of pyridine rings is 2. The number of nitrogens with zero attached hydrogens (tertiary/aromatic N) is 2. The number of carboxylic acid groups (broad SMARTS) is 1. The highest BCUT2D eigenvalue weighted by Crippen LogP contribution is 2.23. The van der Waals surface area contributed by atoms with Crippen LogP contribution >= 0.6 is 0 Å². The SMILES string of the molecule is Nc1c(C(=O)NCc2ccc(F)cc2F)c(=O)n(OCc2ccccc2)c2ncc(C=CC(=O)O)cc12. The molecule has 0 aliphatic carbocycles. The minimum absolute atomic E-state index is 0.00229. The third kappa shape index (κ3) is 5.61. The van der Waals surface area contributed by atoms with E-state index < -0.39 is 34.6 Å². The van der Waals surface area contributed by atoms with Gasteiger partial charge in [0.1, 0.15) is 23.8 Å². The van der Waals surface area contributed by atoms with Gasteiger partial charge in [-0.3, -0.25) is 9.59 Å². The number of nitrogens with one attached hydrogen (secondary N) is 1. The maximum atomic E-state index is 14.0. The molecule has 0 aliphatic rings. The van der Waals surface area contributed by atoms with Crippen molar-refractivity contribution in [3.63, 3.8) is 0 Å². The lowest BCUT2D eigenvalue weighted by molar-refractivity contribution is -0.131. The van der Waals surface area contributed by atoms with Crippen LogP contribution in [0.25, 0.3) is 17.1 Å². The fourth-order valence-electron chi connectivity index (χ4n) is 3.52. The standard InChI is InChI=1S/C26H20F2N4O5/c27-18-8-7-17(20(28)11-18)13-31-25(35)22-23(29)19-10-16(6-9-21(33)34)12-30-24(19)32(26(22)36)37-14-15-4-2-1-3-5-15/h1-12H,13-14,29H2,(H,31,35)(H,33,34). The van der Waals surface area contributed by atoms with Gasteiger partial charge in [-0.15, -0.1) is 4.73 Å². The molecule has 0 atom stereocenters. The highest BCUT2D eigenvalue weighted by molar-refractivity contribution is 6.06. The first-order valence-corrected chi connectivity index (χ1v) is 10.9. The van der Waals surface area contributed by atoms with E-state index in [9.17, 15) is 23.2 Å². The van der Waals surface area contributed by atoms with Gasteiger partial charge in [-0.05, 0) is 29.3 Å². The van der Waals surface area contributed by atoms with E-state index in [1.54, 1.807) is 24.3 Å². The summed E-state index contributed by atoms with van der Waals surface area (Å²) in [7, 11) is 0. The summed E-state index contributed by atoms with van der Waals surface area (Å²) in [4.78, 5) is 47.2. The number of hydrogen-bond donors (Lipinski definition) is 3. The highest BCUT2D eigenvalue weighted by Gasteiger charge is 2.23. The summed E-state index contributed by atoms with van der Waals surface area (Å²) < 4.78 is 28.0. The van der Waals surface area contributed by atoms with Crippen LogP contribution in [0.15, 0.2) is 71.7 Å². The molecule has 1 amide bonds. The van der Waals surface area contributed by atoms with Gasteiger partial charge < -0.3 is 21.0 Å². The Balaban J connectivity index is 1.77. The summed E-state index contributed by atoms with van der Waals surface area (Å²) in [5.41, 5.74) is 5.67.